The zero-order valence-electron chi connectivity index (χ0n) is 14.0. The van der Waals surface area contributed by atoms with Crippen LogP contribution in [0, 0.1) is 11.8 Å². The Balaban J connectivity index is 1.74. The number of quaternary nitrogens is 1. The third-order valence-electron chi connectivity index (χ3n) is 4.40. The number of piperidine rings is 1. The lowest BCUT2D eigenvalue weighted by molar-refractivity contribution is -0.904. The summed E-state index contributed by atoms with van der Waals surface area (Å²) in [4.78, 5) is 13.5. The van der Waals surface area contributed by atoms with E-state index in [4.69, 9.17) is 4.74 Å². The van der Waals surface area contributed by atoms with E-state index in [1.807, 2.05) is 24.3 Å². The minimum atomic E-state index is 0.159. The molecule has 2 atom stereocenters. The number of likely N-dealkylation sites (tertiary alicyclic amines) is 1. The van der Waals surface area contributed by atoms with Crippen molar-refractivity contribution in [3.8, 4) is 5.75 Å². The molecule has 2 rings (SSSR count). The second-order valence-electron chi connectivity index (χ2n) is 6.69. The van der Waals surface area contributed by atoms with Crippen molar-refractivity contribution in [3.63, 3.8) is 0 Å². The fourth-order valence-corrected chi connectivity index (χ4v) is 3.60. The lowest BCUT2D eigenvalue weighted by atomic mass is 9.92. The number of nitrogens with one attached hydrogen (secondary N) is 2. The Morgan fingerprint density at radius 1 is 1.27 bits per heavy atom. The van der Waals surface area contributed by atoms with Gasteiger partial charge in [0.05, 0.1) is 20.2 Å². The lowest BCUT2D eigenvalue weighted by Crippen LogP contribution is -3.15. The van der Waals surface area contributed by atoms with Gasteiger partial charge in [-0.2, -0.15) is 0 Å². The summed E-state index contributed by atoms with van der Waals surface area (Å²) >= 11 is 0. The van der Waals surface area contributed by atoms with Gasteiger partial charge in [0.1, 0.15) is 5.75 Å². The summed E-state index contributed by atoms with van der Waals surface area (Å²) < 4.78 is 5.33. The van der Waals surface area contributed by atoms with Crippen molar-refractivity contribution < 1.29 is 14.4 Å². The van der Waals surface area contributed by atoms with Crippen LogP contribution in [0.25, 0.3) is 0 Å². The topological polar surface area (TPSA) is 42.8 Å². The molecule has 1 aromatic carbocycles. The number of methoxy groups -OCH3 is 1. The molecule has 122 valence electrons. The van der Waals surface area contributed by atoms with E-state index in [0.29, 0.717) is 13.1 Å². The molecule has 0 spiro atoms. The smallest absolute Gasteiger partial charge is 0.275 e. The monoisotopic (exact) mass is 305 g/mol. The fraction of sp³-hybridized carbons (Fsp3) is 0.611. The summed E-state index contributed by atoms with van der Waals surface area (Å²) in [5, 5.41) is 3.04. The molecule has 1 aliphatic heterocycles. The summed E-state index contributed by atoms with van der Waals surface area (Å²) in [6, 6.07) is 7.96. The minimum Gasteiger partial charge on any atom is -0.496 e. The van der Waals surface area contributed by atoms with Gasteiger partial charge in [0.2, 0.25) is 0 Å². The molecule has 0 aliphatic carbocycles. The van der Waals surface area contributed by atoms with Crippen LogP contribution in [0.4, 0.5) is 0 Å². The number of para-hydroxylation sites is 1. The van der Waals surface area contributed by atoms with Gasteiger partial charge in [0.25, 0.3) is 5.91 Å². The van der Waals surface area contributed by atoms with Crippen molar-refractivity contribution in [1.29, 1.82) is 0 Å². The van der Waals surface area contributed by atoms with Gasteiger partial charge in [0, 0.05) is 18.4 Å². The van der Waals surface area contributed by atoms with Crippen LogP contribution in [0.2, 0.25) is 0 Å². The van der Waals surface area contributed by atoms with Crippen molar-refractivity contribution in [3.05, 3.63) is 29.8 Å². The highest BCUT2D eigenvalue weighted by molar-refractivity contribution is 5.76. The first kappa shape index (κ1) is 16.8. The van der Waals surface area contributed by atoms with Crippen molar-refractivity contribution in [2.24, 2.45) is 11.8 Å². The van der Waals surface area contributed by atoms with E-state index in [2.05, 4.69) is 19.2 Å². The van der Waals surface area contributed by atoms with Crippen LogP contribution in [0.15, 0.2) is 24.3 Å². The van der Waals surface area contributed by atoms with E-state index >= 15 is 0 Å². The van der Waals surface area contributed by atoms with E-state index in [9.17, 15) is 4.79 Å². The largest absolute Gasteiger partial charge is 0.496 e. The van der Waals surface area contributed by atoms with Crippen molar-refractivity contribution in [2.45, 2.75) is 26.7 Å². The molecule has 22 heavy (non-hydrogen) atoms. The SMILES string of the molecule is COc1ccccc1CCNC(=O)C[NH+]1C[C@H](C)C[C@@H](C)C1. The van der Waals surface area contributed by atoms with Crippen LogP contribution in [0.3, 0.4) is 0 Å². The zero-order valence-corrected chi connectivity index (χ0v) is 14.0. The molecule has 2 N–H and O–H groups in total. The van der Waals surface area contributed by atoms with Gasteiger partial charge in [-0.15, -0.1) is 0 Å². The quantitative estimate of drug-likeness (QED) is 0.820. The van der Waals surface area contributed by atoms with Gasteiger partial charge < -0.3 is 15.0 Å². The Morgan fingerprint density at radius 2 is 1.95 bits per heavy atom. The fourth-order valence-electron chi connectivity index (χ4n) is 3.60. The number of carbonyl (C=O) groups excluding carboxylic acids is 1. The van der Waals surface area contributed by atoms with Gasteiger partial charge in [-0.1, -0.05) is 32.0 Å². The Morgan fingerprint density at radius 3 is 2.64 bits per heavy atom. The molecular formula is C18H29N2O2+. The predicted molar refractivity (Wildman–Crippen MR) is 88.2 cm³/mol. The summed E-state index contributed by atoms with van der Waals surface area (Å²) in [7, 11) is 1.68. The molecule has 0 saturated carbocycles. The number of carbonyl (C=O) groups is 1. The maximum absolute atomic E-state index is 12.1. The number of ether oxygens (including phenoxy) is 1. The molecule has 0 radical (unpaired) electrons. The first-order chi connectivity index (χ1) is 10.6. The molecule has 1 amide bonds. The number of hydrogen-bond acceptors (Lipinski definition) is 2. The standard InChI is InChI=1S/C18H28N2O2/c1-14-10-15(2)12-20(11-14)13-18(21)19-9-8-16-6-4-5-7-17(16)22-3/h4-7,14-15H,8-13H2,1-3H3,(H,19,21)/p+1/t14-,15-/m1/s1. The zero-order chi connectivity index (χ0) is 15.9. The van der Waals surface area contributed by atoms with Gasteiger partial charge in [-0.25, -0.2) is 0 Å². The summed E-state index contributed by atoms with van der Waals surface area (Å²) in [6.45, 7) is 8.07. The van der Waals surface area contributed by atoms with Gasteiger partial charge >= 0.3 is 0 Å². The van der Waals surface area contributed by atoms with Gasteiger partial charge in [-0.3, -0.25) is 4.79 Å². The molecule has 0 bridgehead atoms. The van der Waals surface area contributed by atoms with Crippen molar-refractivity contribution >= 4 is 5.91 Å². The van der Waals surface area contributed by atoms with E-state index in [-0.39, 0.29) is 5.91 Å². The summed E-state index contributed by atoms with van der Waals surface area (Å²) in [6.07, 6.45) is 2.09. The number of benzene rings is 1. The van der Waals surface area contributed by atoms with Crippen LogP contribution in [0.5, 0.6) is 5.75 Å². The van der Waals surface area contributed by atoms with Crippen LogP contribution in [-0.4, -0.2) is 39.2 Å². The number of hydrogen-bond donors (Lipinski definition) is 2. The highest BCUT2D eigenvalue weighted by Gasteiger charge is 2.26. The van der Waals surface area contributed by atoms with Gasteiger partial charge in [0.15, 0.2) is 6.54 Å². The lowest BCUT2D eigenvalue weighted by Gasteiger charge is -2.31. The van der Waals surface area contributed by atoms with Gasteiger partial charge in [-0.05, 0) is 24.5 Å². The van der Waals surface area contributed by atoms with Crippen LogP contribution in [0.1, 0.15) is 25.8 Å². The van der Waals surface area contributed by atoms with E-state index in [1.54, 1.807) is 7.11 Å². The number of rotatable bonds is 6. The maximum Gasteiger partial charge on any atom is 0.275 e. The van der Waals surface area contributed by atoms with E-state index in [0.717, 1.165) is 42.7 Å². The summed E-state index contributed by atoms with van der Waals surface area (Å²) in [5.41, 5.74) is 1.14. The van der Waals surface area contributed by atoms with Crippen molar-refractivity contribution in [1.82, 2.24) is 5.32 Å². The van der Waals surface area contributed by atoms with Crippen LogP contribution < -0.4 is 15.0 Å². The first-order valence-corrected chi connectivity index (χ1v) is 8.30. The molecule has 4 heteroatoms. The molecule has 1 aromatic rings. The third kappa shape index (κ3) is 5.02. The predicted octanol–water partition coefficient (Wildman–Crippen LogP) is 0.915. The second kappa shape index (κ2) is 8.18. The normalized spacial score (nSPS) is 24.8. The van der Waals surface area contributed by atoms with E-state index < -0.39 is 0 Å². The van der Waals surface area contributed by atoms with E-state index in [1.165, 1.54) is 11.3 Å². The van der Waals surface area contributed by atoms with Crippen LogP contribution >= 0.6 is 0 Å². The molecule has 4 nitrogen and oxygen atoms in total. The Kier molecular flexibility index (Phi) is 6.25. The average molecular weight is 305 g/mol. The molecule has 1 heterocycles. The van der Waals surface area contributed by atoms with Crippen molar-refractivity contribution in [2.75, 3.05) is 33.3 Å². The Labute approximate surface area is 133 Å². The molecule has 1 aliphatic rings. The molecular weight excluding hydrogens is 276 g/mol. The number of amides is 1. The Hall–Kier alpha value is -1.55. The summed E-state index contributed by atoms with van der Waals surface area (Å²) in [5.74, 6) is 2.49. The van der Waals surface area contributed by atoms with Crippen LogP contribution in [-0.2, 0) is 11.2 Å². The maximum atomic E-state index is 12.1. The Bertz CT molecular complexity index is 480. The molecule has 1 saturated heterocycles. The first-order valence-electron chi connectivity index (χ1n) is 8.30. The second-order valence-corrected chi connectivity index (χ2v) is 6.69. The third-order valence-corrected chi connectivity index (χ3v) is 4.40. The molecule has 1 fully saturated rings. The molecule has 0 unspecified atom stereocenters. The molecule has 0 aromatic heterocycles. The highest BCUT2D eigenvalue weighted by atomic mass is 16.5. The minimum absolute atomic E-state index is 0.159. The highest BCUT2D eigenvalue weighted by Crippen LogP contribution is 2.17. The average Bonchev–Trinajstić information content (AvgIpc) is 2.46.